The molecule has 2 aromatic rings. The maximum atomic E-state index is 13.2. The maximum Gasteiger partial charge on any atom is 0.338 e. The highest BCUT2D eigenvalue weighted by Gasteiger charge is 2.31. The van der Waals surface area contributed by atoms with Gasteiger partial charge in [-0.15, -0.1) is 0 Å². The predicted octanol–water partition coefficient (Wildman–Crippen LogP) is 3.95. The fraction of sp³-hybridized carbons (Fsp3) is 0.381. The largest absolute Gasteiger partial charge is 0.462 e. The van der Waals surface area contributed by atoms with Crippen LogP contribution in [0.25, 0.3) is 0 Å². The van der Waals surface area contributed by atoms with Crippen LogP contribution in [-0.2, 0) is 14.8 Å². The zero-order valence-electron chi connectivity index (χ0n) is 16.7. The molecule has 30 heavy (non-hydrogen) atoms. The first-order chi connectivity index (χ1) is 14.3. The highest BCUT2D eigenvalue weighted by atomic mass is 35.5. The number of carbonyl (C=O) groups is 1. The molecule has 1 saturated heterocycles. The smallest absolute Gasteiger partial charge is 0.338 e. The number of rotatable bonds is 7. The van der Waals surface area contributed by atoms with Gasteiger partial charge in [-0.3, -0.25) is 0 Å². The molecule has 0 aliphatic carbocycles. The van der Waals surface area contributed by atoms with Crippen LogP contribution in [0.5, 0.6) is 0 Å². The van der Waals surface area contributed by atoms with Crippen molar-refractivity contribution in [1.29, 1.82) is 0 Å². The number of esters is 1. The SMILES string of the molecule is CCCCOC(=O)c1ccc(Cl)c(S(=O)(=O)N2CCN(c3ccc(F)cc3)CC2)c1. The van der Waals surface area contributed by atoms with Crippen molar-refractivity contribution in [2.24, 2.45) is 0 Å². The van der Waals surface area contributed by atoms with Crippen molar-refractivity contribution in [3.63, 3.8) is 0 Å². The molecule has 1 aliphatic heterocycles. The number of carbonyl (C=O) groups excluding carboxylic acids is 1. The molecule has 0 saturated carbocycles. The van der Waals surface area contributed by atoms with Gasteiger partial charge < -0.3 is 9.64 Å². The minimum absolute atomic E-state index is 0.0565. The van der Waals surface area contributed by atoms with Crippen molar-refractivity contribution in [1.82, 2.24) is 4.31 Å². The molecular formula is C21H24ClFN2O4S. The van der Waals surface area contributed by atoms with E-state index in [2.05, 4.69) is 0 Å². The molecule has 162 valence electrons. The van der Waals surface area contributed by atoms with E-state index in [-0.39, 0.29) is 41.0 Å². The van der Waals surface area contributed by atoms with Gasteiger partial charge in [0.1, 0.15) is 10.7 Å². The van der Waals surface area contributed by atoms with E-state index in [0.717, 1.165) is 18.5 Å². The normalized spacial score (nSPS) is 15.2. The number of unbranched alkanes of at least 4 members (excludes halogenated alkanes) is 1. The van der Waals surface area contributed by atoms with Gasteiger partial charge in [0.2, 0.25) is 10.0 Å². The third kappa shape index (κ3) is 5.11. The number of piperazine rings is 1. The van der Waals surface area contributed by atoms with Crippen LogP contribution in [0.3, 0.4) is 0 Å². The molecule has 6 nitrogen and oxygen atoms in total. The Morgan fingerprint density at radius 3 is 2.40 bits per heavy atom. The molecule has 0 atom stereocenters. The average molecular weight is 455 g/mol. The van der Waals surface area contributed by atoms with Crippen molar-refractivity contribution < 1.29 is 22.3 Å². The second kappa shape index (κ2) is 9.76. The zero-order chi connectivity index (χ0) is 21.7. The summed E-state index contributed by atoms with van der Waals surface area (Å²) in [7, 11) is -3.88. The van der Waals surface area contributed by atoms with Crippen molar-refractivity contribution in [2.75, 3.05) is 37.7 Å². The van der Waals surface area contributed by atoms with Gasteiger partial charge in [0.05, 0.1) is 17.2 Å². The molecule has 9 heteroatoms. The van der Waals surface area contributed by atoms with Crippen LogP contribution < -0.4 is 4.90 Å². The highest BCUT2D eigenvalue weighted by Crippen LogP contribution is 2.28. The van der Waals surface area contributed by atoms with Crippen LogP contribution in [0.4, 0.5) is 10.1 Å². The molecule has 0 N–H and O–H groups in total. The number of nitrogens with zero attached hydrogens (tertiary/aromatic N) is 2. The van der Waals surface area contributed by atoms with Crippen LogP contribution in [0.1, 0.15) is 30.1 Å². The number of anilines is 1. The summed E-state index contributed by atoms with van der Waals surface area (Å²) in [5.74, 6) is -0.889. The summed E-state index contributed by atoms with van der Waals surface area (Å²) in [4.78, 5) is 14.1. The maximum absolute atomic E-state index is 13.2. The number of hydrogen-bond acceptors (Lipinski definition) is 5. The zero-order valence-corrected chi connectivity index (χ0v) is 18.3. The Bertz CT molecular complexity index is 991. The van der Waals surface area contributed by atoms with E-state index < -0.39 is 16.0 Å². The van der Waals surface area contributed by atoms with Crippen LogP contribution in [0.2, 0.25) is 5.02 Å². The average Bonchev–Trinajstić information content (AvgIpc) is 2.74. The molecular weight excluding hydrogens is 431 g/mol. The van der Waals surface area contributed by atoms with E-state index in [1.165, 1.54) is 34.6 Å². The van der Waals surface area contributed by atoms with Gasteiger partial charge >= 0.3 is 5.97 Å². The quantitative estimate of drug-likeness (QED) is 0.468. The number of hydrogen-bond donors (Lipinski definition) is 0. The van der Waals surface area contributed by atoms with Gasteiger partial charge in [-0.1, -0.05) is 24.9 Å². The summed E-state index contributed by atoms with van der Waals surface area (Å²) < 4.78 is 45.9. The van der Waals surface area contributed by atoms with E-state index in [0.29, 0.717) is 13.1 Å². The van der Waals surface area contributed by atoms with Crippen LogP contribution in [-0.4, -0.2) is 51.5 Å². The van der Waals surface area contributed by atoms with Crippen LogP contribution in [0, 0.1) is 5.82 Å². The predicted molar refractivity (Wildman–Crippen MR) is 114 cm³/mol. The van der Waals surface area contributed by atoms with E-state index in [4.69, 9.17) is 16.3 Å². The van der Waals surface area contributed by atoms with Gasteiger partial charge in [0.15, 0.2) is 0 Å². The second-order valence-corrected chi connectivity index (χ2v) is 9.32. The van der Waals surface area contributed by atoms with Gasteiger partial charge in [-0.25, -0.2) is 17.6 Å². The fourth-order valence-electron chi connectivity index (χ4n) is 3.20. The lowest BCUT2D eigenvalue weighted by Gasteiger charge is -2.35. The first-order valence-corrected chi connectivity index (χ1v) is 11.6. The topological polar surface area (TPSA) is 66.9 Å². The number of ether oxygens (including phenoxy) is 1. The third-order valence-corrected chi connectivity index (χ3v) is 7.33. The molecule has 0 spiro atoms. The van der Waals surface area contributed by atoms with E-state index >= 15 is 0 Å². The van der Waals surface area contributed by atoms with Crippen LogP contribution >= 0.6 is 11.6 Å². The van der Waals surface area contributed by atoms with Gasteiger partial charge in [0.25, 0.3) is 0 Å². The minimum Gasteiger partial charge on any atom is -0.462 e. The Kier molecular flexibility index (Phi) is 7.33. The minimum atomic E-state index is -3.88. The second-order valence-electron chi connectivity index (χ2n) is 7.00. The lowest BCUT2D eigenvalue weighted by molar-refractivity contribution is 0.0499. The first-order valence-electron chi connectivity index (χ1n) is 9.80. The molecule has 2 aromatic carbocycles. The standard InChI is InChI=1S/C21H24ClFN2O4S/c1-2-3-14-29-21(26)16-4-9-19(22)20(15-16)30(27,28)25-12-10-24(11-13-25)18-7-5-17(23)6-8-18/h4-9,15H,2-3,10-14H2,1H3. The molecule has 0 amide bonds. The Morgan fingerprint density at radius 2 is 1.77 bits per heavy atom. The molecule has 0 aromatic heterocycles. The summed E-state index contributed by atoms with van der Waals surface area (Å²) in [5, 5.41) is 0.0565. The number of benzene rings is 2. The molecule has 1 aliphatic rings. The third-order valence-electron chi connectivity index (χ3n) is 4.95. The van der Waals surface area contributed by atoms with Gasteiger partial charge in [-0.2, -0.15) is 4.31 Å². The molecule has 1 fully saturated rings. The fourth-order valence-corrected chi connectivity index (χ4v) is 5.12. The van der Waals surface area contributed by atoms with Crippen LogP contribution in [0.15, 0.2) is 47.4 Å². The molecule has 3 rings (SSSR count). The van der Waals surface area contributed by atoms with E-state index in [1.54, 1.807) is 12.1 Å². The summed E-state index contributed by atoms with van der Waals surface area (Å²) in [6.07, 6.45) is 1.63. The Labute approximate surface area is 181 Å². The first kappa shape index (κ1) is 22.5. The lowest BCUT2D eigenvalue weighted by atomic mass is 10.2. The van der Waals surface area contributed by atoms with Crippen molar-refractivity contribution in [2.45, 2.75) is 24.7 Å². The van der Waals surface area contributed by atoms with E-state index in [9.17, 15) is 17.6 Å². The van der Waals surface area contributed by atoms with Crippen molar-refractivity contribution in [3.05, 3.63) is 58.9 Å². The monoisotopic (exact) mass is 454 g/mol. The summed E-state index contributed by atoms with van der Waals surface area (Å²) in [6.45, 7) is 3.69. The molecule has 1 heterocycles. The molecule has 0 radical (unpaired) electrons. The summed E-state index contributed by atoms with van der Waals surface area (Å²) in [5.41, 5.74) is 0.988. The van der Waals surface area contributed by atoms with Gasteiger partial charge in [-0.05, 0) is 48.9 Å². The Morgan fingerprint density at radius 1 is 1.10 bits per heavy atom. The van der Waals surface area contributed by atoms with Crippen molar-refractivity contribution >= 4 is 33.3 Å². The number of halogens is 2. The van der Waals surface area contributed by atoms with Crippen molar-refractivity contribution in [3.8, 4) is 0 Å². The highest BCUT2D eigenvalue weighted by molar-refractivity contribution is 7.89. The van der Waals surface area contributed by atoms with E-state index in [1.807, 2.05) is 11.8 Å². The summed E-state index contributed by atoms with van der Waals surface area (Å²) in [6, 6.07) is 10.2. The summed E-state index contributed by atoms with van der Waals surface area (Å²) >= 11 is 6.17. The van der Waals surface area contributed by atoms with Gasteiger partial charge in [0, 0.05) is 31.9 Å². The molecule has 0 unspecified atom stereocenters. The Balaban J connectivity index is 1.73. The Hall–Kier alpha value is -2.16. The molecule has 0 bridgehead atoms. The number of sulfonamides is 1. The lowest BCUT2D eigenvalue weighted by Crippen LogP contribution is -2.48.